The molecule has 5 nitrogen and oxygen atoms in total. The molecule has 2 rings (SSSR count). The van der Waals surface area contributed by atoms with Gasteiger partial charge in [-0.1, -0.05) is 30.3 Å². The molecular formula is C17H19ClN2O3S. The van der Waals surface area contributed by atoms with Crippen LogP contribution in [0.4, 0.5) is 5.69 Å². The molecule has 0 aliphatic rings. The number of carbonyl (C=O) groups is 1. The van der Waals surface area contributed by atoms with Crippen LogP contribution in [-0.4, -0.2) is 31.6 Å². The van der Waals surface area contributed by atoms with Gasteiger partial charge < -0.3 is 4.90 Å². The molecule has 0 saturated heterocycles. The molecule has 1 N–H and O–H groups in total. The Bertz CT molecular complexity index is 808. The number of benzene rings is 2. The first-order valence-electron chi connectivity index (χ1n) is 7.35. The summed E-state index contributed by atoms with van der Waals surface area (Å²) in [6.07, 6.45) is 0. The lowest BCUT2D eigenvalue weighted by Crippen LogP contribution is -2.31. The molecule has 2 aromatic rings. The van der Waals surface area contributed by atoms with Gasteiger partial charge in [0.25, 0.3) is 10.0 Å². The van der Waals surface area contributed by atoms with Gasteiger partial charge in [0.15, 0.2) is 0 Å². The Hall–Kier alpha value is -2.05. The first-order chi connectivity index (χ1) is 11.3. The van der Waals surface area contributed by atoms with E-state index >= 15 is 0 Å². The summed E-state index contributed by atoms with van der Waals surface area (Å²) in [7, 11) is -1.99. The average Bonchev–Trinajstić information content (AvgIpc) is 2.54. The van der Waals surface area contributed by atoms with Gasteiger partial charge in [0.2, 0.25) is 5.91 Å². The van der Waals surface area contributed by atoms with Gasteiger partial charge in [0, 0.05) is 19.3 Å². The Morgan fingerprint density at radius 3 is 2.46 bits per heavy atom. The van der Waals surface area contributed by atoms with Crippen LogP contribution >= 0.6 is 11.6 Å². The Balaban J connectivity index is 2.15. The van der Waals surface area contributed by atoms with Crippen LogP contribution < -0.4 is 4.72 Å². The van der Waals surface area contributed by atoms with Gasteiger partial charge in [-0.25, -0.2) is 8.42 Å². The lowest BCUT2D eigenvalue weighted by atomic mass is 10.2. The van der Waals surface area contributed by atoms with E-state index in [1.165, 1.54) is 17.0 Å². The third-order valence-corrected chi connectivity index (χ3v) is 4.95. The van der Waals surface area contributed by atoms with E-state index in [4.69, 9.17) is 11.6 Å². The highest BCUT2D eigenvalue weighted by Crippen LogP contribution is 2.18. The van der Waals surface area contributed by atoms with Crippen molar-refractivity contribution < 1.29 is 13.2 Å². The zero-order valence-electron chi connectivity index (χ0n) is 13.4. The molecule has 0 radical (unpaired) electrons. The maximum atomic E-state index is 12.3. The van der Waals surface area contributed by atoms with E-state index in [1.807, 2.05) is 6.07 Å². The minimum absolute atomic E-state index is 0.188. The van der Waals surface area contributed by atoms with Crippen LogP contribution in [0.25, 0.3) is 0 Å². The largest absolute Gasteiger partial charge is 0.340 e. The van der Waals surface area contributed by atoms with Crippen molar-refractivity contribution in [3.05, 3.63) is 60.2 Å². The minimum atomic E-state index is -3.64. The van der Waals surface area contributed by atoms with Crippen LogP contribution in [0.1, 0.15) is 12.5 Å². The molecular weight excluding hydrogens is 348 g/mol. The van der Waals surface area contributed by atoms with E-state index in [0.29, 0.717) is 12.2 Å². The van der Waals surface area contributed by atoms with E-state index in [1.54, 1.807) is 50.4 Å². The number of anilines is 1. The lowest BCUT2D eigenvalue weighted by molar-refractivity contribution is -0.129. The number of halogens is 1. The monoisotopic (exact) mass is 366 g/mol. The molecule has 2 aromatic carbocycles. The number of alkyl halides is 1. The Morgan fingerprint density at radius 1 is 1.17 bits per heavy atom. The van der Waals surface area contributed by atoms with E-state index in [9.17, 15) is 13.2 Å². The van der Waals surface area contributed by atoms with Gasteiger partial charge in [-0.05, 0) is 36.8 Å². The molecule has 0 saturated carbocycles. The number of sulfonamides is 1. The summed E-state index contributed by atoms with van der Waals surface area (Å²) in [6, 6.07) is 15.1. The molecule has 1 amide bonds. The second-order valence-electron chi connectivity index (χ2n) is 5.43. The predicted octanol–water partition coefficient (Wildman–Crippen LogP) is 3.07. The highest BCUT2D eigenvalue weighted by Gasteiger charge is 2.16. The molecule has 1 atom stereocenters. The summed E-state index contributed by atoms with van der Waals surface area (Å²) in [5, 5.41) is -0.602. The quantitative estimate of drug-likeness (QED) is 0.799. The van der Waals surface area contributed by atoms with E-state index in [0.717, 1.165) is 5.56 Å². The fourth-order valence-corrected chi connectivity index (χ4v) is 3.44. The molecule has 0 aliphatic carbocycles. The lowest BCUT2D eigenvalue weighted by Gasteiger charge is -2.19. The van der Waals surface area contributed by atoms with Crippen LogP contribution in [-0.2, 0) is 21.4 Å². The van der Waals surface area contributed by atoms with Gasteiger partial charge in [0.1, 0.15) is 5.38 Å². The summed E-state index contributed by atoms with van der Waals surface area (Å²) in [4.78, 5) is 13.5. The van der Waals surface area contributed by atoms with Crippen LogP contribution in [0.2, 0.25) is 0 Å². The summed E-state index contributed by atoms with van der Waals surface area (Å²) in [5.74, 6) is -0.188. The summed E-state index contributed by atoms with van der Waals surface area (Å²) in [6.45, 7) is 1.96. The normalized spacial score (nSPS) is 12.5. The van der Waals surface area contributed by atoms with Crippen molar-refractivity contribution in [2.45, 2.75) is 23.7 Å². The number of rotatable bonds is 6. The minimum Gasteiger partial charge on any atom is -0.340 e. The molecule has 0 heterocycles. The average molecular weight is 367 g/mol. The molecule has 0 fully saturated rings. The summed E-state index contributed by atoms with van der Waals surface area (Å²) in [5.41, 5.74) is 1.24. The highest BCUT2D eigenvalue weighted by molar-refractivity contribution is 7.92. The smallest absolute Gasteiger partial charge is 0.261 e. The fourth-order valence-electron chi connectivity index (χ4n) is 2.20. The van der Waals surface area contributed by atoms with Gasteiger partial charge in [0.05, 0.1) is 4.90 Å². The number of nitrogens with zero attached hydrogens (tertiary/aromatic N) is 1. The van der Waals surface area contributed by atoms with E-state index in [-0.39, 0.29) is 10.8 Å². The van der Waals surface area contributed by atoms with Crippen LogP contribution in [0.5, 0.6) is 0 Å². The van der Waals surface area contributed by atoms with Gasteiger partial charge in [-0.15, -0.1) is 11.6 Å². The van der Waals surface area contributed by atoms with Crippen molar-refractivity contribution >= 4 is 33.2 Å². The molecule has 128 valence electrons. The van der Waals surface area contributed by atoms with Crippen molar-refractivity contribution in [1.82, 2.24) is 4.90 Å². The number of carbonyl (C=O) groups excluding carboxylic acids is 1. The molecule has 0 bridgehead atoms. The Kier molecular flexibility index (Phi) is 5.85. The van der Waals surface area contributed by atoms with Gasteiger partial charge in [-0.2, -0.15) is 0 Å². The first-order valence-corrected chi connectivity index (χ1v) is 9.27. The van der Waals surface area contributed by atoms with Crippen molar-refractivity contribution in [3.8, 4) is 0 Å². The predicted molar refractivity (Wildman–Crippen MR) is 95.5 cm³/mol. The van der Waals surface area contributed by atoms with Crippen molar-refractivity contribution in [1.29, 1.82) is 0 Å². The Morgan fingerprint density at radius 2 is 1.83 bits per heavy atom. The number of hydrogen-bond acceptors (Lipinski definition) is 3. The van der Waals surface area contributed by atoms with Crippen LogP contribution in [0, 0.1) is 0 Å². The zero-order valence-corrected chi connectivity index (χ0v) is 15.0. The molecule has 0 aromatic heterocycles. The second kappa shape index (κ2) is 7.68. The number of amides is 1. The SMILES string of the molecule is CC(Cl)C(=O)N(C)Cc1cccc(NS(=O)(=O)c2ccccc2)c1. The maximum Gasteiger partial charge on any atom is 0.261 e. The molecule has 0 aliphatic heterocycles. The van der Waals surface area contributed by atoms with Gasteiger partial charge >= 0.3 is 0 Å². The summed E-state index contributed by atoms with van der Waals surface area (Å²) < 4.78 is 27.2. The maximum absolute atomic E-state index is 12.3. The van der Waals surface area contributed by atoms with Crippen LogP contribution in [0.3, 0.4) is 0 Å². The molecule has 24 heavy (non-hydrogen) atoms. The third kappa shape index (κ3) is 4.72. The molecule has 1 unspecified atom stereocenters. The third-order valence-electron chi connectivity index (χ3n) is 3.37. The first kappa shape index (κ1) is 18.3. The fraction of sp³-hybridized carbons (Fsp3) is 0.235. The molecule has 7 heteroatoms. The standard InChI is InChI=1S/C17H19ClN2O3S/c1-13(18)17(21)20(2)12-14-7-6-8-15(11-14)19-24(22,23)16-9-4-3-5-10-16/h3-11,13,19H,12H2,1-2H3. The second-order valence-corrected chi connectivity index (χ2v) is 7.77. The number of hydrogen-bond donors (Lipinski definition) is 1. The zero-order chi connectivity index (χ0) is 17.7. The van der Waals surface area contributed by atoms with E-state index < -0.39 is 15.4 Å². The van der Waals surface area contributed by atoms with Crippen molar-refractivity contribution in [3.63, 3.8) is 0 Å². The number of nitrogens with one attached hydrogen (secondary N) is 1. The van der Waals surface area contributed by atoms with Crippen molar-refractivity contribution in [2.24, 2.45) is 0 Å². The van der Waals surface area contributed by atoms with Crippen molar-refractivity contribution in [2.75, 3.05) is 11.8 Å². The Labute approximate surface area is 147 Å². The van der Waals surface area contributed by atoms with E-state index in [2.05, 4.69) is 4.72 Å². The van der Waals surface area contributed by atoms with Gasteiger partial charge in [-0.3, -0.25) is 9.52 Å². The summed E-state index contributed by atoms with van der Waals surface area (Å²) >= 11 is 5.79. The topological polar surface area (TPSA) is 66.5 Å². The highest BCUT2D eigenvalue weighted by atomic mass is 35.5. The molecule has 0 spiro atoms. The van der Waals surface area contributed by atoms with Crippen LogP contribution in [0.15, 0.2) is 59.5 Å².